The molecule has 2 N–H and O–H groups in total. The van der Waals surface area contributed by atoms with E-state index in [1.807, 2.05) is 37.2 Å². The third kappa shape index (κ3) is 3.58. The molecule has 1 heterocycles. The molecule has 0 aliphatic heterocycles. The molecule has 0 aliphatic rings. The van der Waals surface area contributed by atoms with Crippen molar-refractivity contribution in [1.82, 2.24) is 10.4 Å². The quantitative estimate of drug-likeness (QED) is 0.568. The lowest BCUT2D eigenvalue weighted by atomic mass is 10.1. The molecule has 0 bridgehead atoms. The van der Waals surface area contributed by atoms with Crippen molar-refractivity contribution >= 4 is 28.7 Å². The maximum absolute atomic E-state index is 12.1. The summed E-state index contributed by atoms with van der Waals surface area (Å²) >= 11 is 0. The fourth-order valence-corrected chi connectivity index (χ4v) is 2.43. The zero-order valence-electron chi connectivity index (χ0n) is 14.0. The lowest BCUT2D eigenvalue weighted by Crippen LogP contribution is -2.18. The first kappa shape index (κ1) is 16.4. The van der Waals surface area contributed by atoms with E-state index in [2.05, 4.69) is 15.5 Å². The van der Waals surface area contributed by atoms with Gasteiger partial charge >= 0.3 is 0 Å². The second-order valence-corrected chi connectivity index (χ2v) is 5.71. The zero-order valence-corrected chi connectivity index (χ0v) is 14.0. The second kappa shape index (κ2) is 7.00. The monoisotopic (exact) mass is 334 g/mol. The fraction of sp³-hybridized carbons (Fsp3) is 0.105. The zero-order chi connectivity index (χ0) is 17.8. The third-order valence-corrected chi connectivity index (χ3v) is 3.80. The van der Waals surface area contributed by atoms with E-state index in [1.54, 1.807) is 36.5 Å². The van der Waals surface area contributed by atoms with Crippen LogP contribution in [-0.2, 0) is 0 Å². The number of aromatic nitrogens is 1. The summed E-state index contributed by atoms with van der Waals surface area (Å²) in [6.07, 6.45) is 3.15. The van der Waals surface area contributed by atoms with Crippen LogP contribution in [0.3, 0.4) is 0 Å². The molecule has 25 heavy (non-hydrogen) atoms. The Hall–Kier alpha value is -3.41. The number of fused-ring (bicyclic) bond motifs is 1. The van der Waals surface area contributed by atoms with Crippen molar-refractivity contribution < 1.29 is 9.90 Å². The Morgan fingerprint density at radius 2 is 1.92 bits per heavy atom. The first-order chi connectivity index (χ1) is 12.1. The van der Waals surface area contributed by atoms with Crippen LogP contribution < -0.4 is 10.3 Å². The van der Waals surface area contributed by atoms with Crippen LogP contribution >= 0.6 is 0 Å². The number of hydrogen-bond acceptors (Lipinski definition) is 5. The molecule has 0 saturated carbocycles. The van der Waals surface area contributed by atoms with E-state index in [4.69, 9.17) is 0 Å². The van der Waals surface area contributed by atoms with Crippen molar-refractivity contribution in [1.29, 1.82) is 0 Å². The van der Waals surface area contributed by atoms with Crippen molar-refractivity contribution in [2.75, 3.05) is 19.0 Å². The molecule has 0 radical (unpaired) electrons. The van der Waals surface area contributed by atoms with Crippen molar-refractivity contribution in [3.63, 3.8) is 0 Å². The molecule has 3 rings (SSSR count). The van der Waals surface area contributed by atoms with Gasteiger partial charge in [0.1, 0.15) is 11.3 Å². The van der Waals surface area contributed by atoms with E-state index in [0.29, 0.717) is 11.1 Å². The predicted molar refractivity (Wildman–Crippen MR) is 99.2 cm³/mol. The maximum Gasteiger partial charge on any atom is 0.271 e. The number of rotatable bonds is 4. The average molecular weight is 334 g/mol. The first-order valence-corrected chi connectivity index (χ1v) is 7.74. The van der Waals surface area contributed by atoms with Crippen LogP contribution in [0.2, 0.25) is 0 Å². The Morgan fingerprint density at radius 3 is 2.64 bits per heavy atom. The van der Waals surface area contributed by atoms with Crippen LogP contribution in [0.4, 0.5) is 5.69 Å². The van der Waals surface area contributed by atoms with Crippen LogP contribution in [0.5, 0.6) is 5.75 Å². The van der Waals surface area contributed by atoms with Gasteiger partial charge in [-0.15, -0.1) is 0 Å². The molecule has 3 aromatic rings. The molecule has 0 aliphatic carbocycles. The fourth-order valence-electron chi connectivity index (χ4n) is 2.43. The van der Waals surface area contributed by atoms with E-state index in [-0.39, 0.29) is 11.7 Å². The standard InChI is InChI=1S/C19H18N4O2/c1-23(2)15-8-5-13(6-9-15)19(25)22-21-12-14-7-10-17(24)18-16(14)4-3-11-20-18/h3-12,24H,1-2H3,(H,22,25)/b21-12+. The molecule has 0 saturated heterocycles. The summed E-state index contributed by atoms with van der Waals surface area (Å²) in [5.41, 5.74) is 5.31. The normalized spacial score (nSPS) is 11.0. The molecule has 126 valence electrons. The highest BCUT2D eigenvalue weighted by Gasteiger charge is 2.06. The number of hydrogen-bond donors (Lipinski definition) is 2. The molecule has 0 unspecified atom stereocenters. The van der Waals surface area contributed by atoms with E-state index in [9.17, 15) is 9.90 Å². The molecule has 2 aromatic carbocycles. The van der Waals surface area contributed by atoms with E-state index < -0.39 is 0 Å². The molecule has 0 spiro atoms. The molecule has 1 amide bonds. The minimum absolute atomic E-state index is 0.109. The Labute approximate surface area is 145 Å². The lowest BCUT2D eigenvalue weighted by Gasteiger charge is -2.12. The van der Waals surface area contributed by atoms with Crippen molar-refractivity contribution in [3.05, 3.63) is 65.9 Å². The molecular weight excluding hydrogens is 316 g/mol. The number of aromatic hydroxyl groups is 1. The minimum atomic E-state index is -0.289. The van der Waals surface area contributed by atoms with Gasteiger partial charge in [-0.2, -0.15) is 5.10 Å². The molecule has 1 aromatic heterocycles. The van der Waals surface area contributed by atoms with Gasteiger partial charge in [-0.1, -0.05) is 6.07 Å². The highest BCUT2D eigenvalue weighted by atomic mass is 16.3. The Bertz CT molecular complexity index is 934. The van der Waals surface area contributed by atoms with Gasteiger partial charge in [0.05, 0.1) is 6.21 Å². The minimum Gasteiger partial charge on any atom is -0.506 e. The Morgan fingerprint density at radius 1 is 1.16 bits per heavy atom. The summed E-state index contributed by atoms with van der Waals surface area (Å²) in [5, 5.41) is 14.6. The number of phenols is 1. The second-order valence-electron chi connectivity index (χ2n) is 5.71. The summed E-state index contributed by atoms with van der Waals surface area (Å²) in [4.78, 5) is 18.3. The number of carbonyl (C=O) groups excluding carboxylic acids is 1. The average Bonchev–Trinajstić information content (AvgIpc) is 2.64. The van der Waals surface area contributed by atoms with Crippen molar-refractivity contribution in [3.8, 4) is 5.75 Å². The van der Waals surface area contributed by atoms with Gasteiger partial charge < -0.3 is 10.0 Å². The number of nitrogens with one attached hydrogen (secondary N) is 1. The summed E-state index contributed by atoms with van der Waals surface area (Å²) < 4.78 is 0. The van der Waals surface area contributed by atoms with Gasteiger partial charge in [-0.05, 0) is 42.5 Å². The number of hydrazone groups is 1. The highest BCUT2D eigenvalue weighted by Crippen LogP contribution is 2.24. The van der Waals surface area contributed by atoms with Crippen LogP contribution in [0.1, 0.15) is 15.9 Å². The number of anilines is 1. The van der Waals surface area contributed by atoms with E-state index in [0.717, 1.165) is 16.6 Å². The van der Waals surface area contributed by atoms with Crippen molar-refractivity contribution in [2.45, 2.75) is 0 Å². The molecule has 6 heteroatoms. The molecule has 0 atom stereocenters. The number of benzene rings is 2. The van der Waals surface area contributed by atoms with Crippen LogP contribution in [0.15, 0.2) is 59.8 Å². The highest BCUT2D eigenvalue weighted by molar-refractivity contribution is 6.01. The van der Waals surface area contributed by atoms with Gasteiger partial charge in [-0.3, -0.25) is 9.78 Å². The van der Waals surface area contributed by atoms with Gasteiger partial charge in [0.2, 0.25) is 0 Å². The Kier molecular flexibility index (Phi) is 4.61. The van der Waals surface area contributed by atoms with Gasteiger partial charge in [0.25, 0.3) is 5.91 Å². The van der Waals surface area contributed by atoms with Crippen LogP contribution in [0.25, 0.3) is 10.9 Å². The summed E-state index contributed by atoms with van der Waals surface area (Å²) in [5.74, 6) is -0.180. The first-order valence-electron chi connectivity index (χ1n) is 7.74. The smallest absolute Gasteiger partial charge is 0.271 e. The van der Waals surface area contributed by atoms with E-state index >= 15 is 0 Å². The number of phenolic OH excluding ortho intramolecular Hbond substituents is 1. The van der Waals surface area contributed by atoms with Crippen molar-refractivity contribution in [2.24, 2.45) is 5.10 Å². The van der Waals surface area contributed by atoms with Gasteiger partial charge in [-0.25, -0.2) is 5.43 Å². The number of amides is 1. The van der Waals surface area contributed by atoms with Crippen LogP contribution in [0, 0.1) is 0 Å². The van der Waals surface area contributed by atoms with Gasteiger partial charge in [0, 0.05) is 42.5 Å². The van der Waals surface area contributed by atoms with Gasteiger partial charge in [0.15, 0.2) is 0 Å². The number of carbonyl (C=O) groups is 1. The molecular formula is C19H18N4O2. The summed E-state index contributed by atoms with van der Waals surface area (Å²) in [6, 6.07) is 14.1. The maximum atomic E-state index is 12.1. The predicted octanol–water partition coefficient (Wildman–Crippen LogP) is 2.77. The molecule has 6 nitrogen and oxygen atoms in total. The SMILES string of the molecule is CN(C)c1ccc(C(=O)N/N=C/c2ccc(O)c3ncccc23)cc1. The third-order valence-electron chi connectivity index (χ3n) is 3.80. The largest absolute Gasteiger partial charge is 0.506 e. The van der Waals surface area contributed by atoms with Crippen LogP contribution in [-0.4, -0.2) is 36.3 Å². The van der Waals surface area contributed by atoms with E-state index in [1.165, 1.54) is 6.21 Å². The molecule has 0 fully saturated rings. The summed E-state index contributed by atoms with van der Waals surface area (Å²) in [6.45, 7) is 0. The number of pyridine rings is 1. The summed E-state index contributed by atoms with van der Waals surface area (Å²) in [7, 11) is 3.88. The Balaban J connectivity index is 1.75. The number of nitrogens with zero attached hydrogens (tertiary/aromatic N) is 3. The lowest BCUT2D eigenvalue weighted by molar-refractivity contribution is 0.0955. The topological polar surface area (TPSA) is 77.8 Å².